The molecule has 5 nitrogen and oxygen atoms in total. The van der Waals surface area contributed by atoms with E-state index in [1.165, 1.54) is 0 Å². The van der Waals surface area contributed by atoms with E-state index in [2.05, 4.69) is 0 Å². The number of aldehydes is 1. The normalized spacial score (nSPS) is 9.89. The predicted molar refractivity (Wildman–Crippen MR) is 65.0 cm³/mol. The minimum atomic E-state index is -0.501. The van der Waals surface area contributed by atoms with Crippen LogP contribution in [0.25, 0.3) is 0 Å². The van der Waals surface area contributed by atoms with Crippen LogP contribution in [0, 0.1) is 0 Å². The van der Waals surface area contributed by atoms with Gasteiger partial charge in [-0.25, -0.2) is 0 Å². The van der Waals surface area contributed by atoms with Crippen LogP contribution in [0.3, 0.4) is 0 Å². The smallest absolute Gasteiger partial charge is 0.311 e. The van der Waals surface area contributed by atoms with Gasteiger partial charge >= 0.3 is 5.97 Å². The number of carbonyl (C=O) groups is 2. The quantitative estimate of drug-likeness (QED) is 0.453. The molecule has 98 valence electrons. The number of esters is 1. The molecule has 0 aliphatic rings. The summed E-state index contributed by atoms with van der Waals surface area (Å²) >= 11 is 0. The number of hydrogen-bond donors (Lipinski definition) is 1. The molecule has 0 fully saturated rings. The average molecular weight is 252 g/mol. The summed E-state index contributed by atoms with van der Waals surface area (Å²) < 4.78 is 10.4. The summed E-state index contributed by atoms with van der Waals surface area (Å²) in [6, 6.07) is 4.83. The number of rotatable bonds is 7. The van der Waals surface area contributed by atoms with Crippen molar-refractivity contribution in [3.05, 3.63) is 23.8 Å². The monoisotopic (exact) mass is 252 g/mol. The summed E-state index contributed by atoms with van der Waals surface area (Å²) in [6.07, 6.45) is 1.03. The van der Waals surface area contributed by atoms with Crippen molar-refractivity contribution in [1.82, 2.24) is 0 Å². The standard InChI is InChI=1S/C13H16O5/c1-2-17-11-6-3-5-10(9-15)13(11)18-12(16)7-4-8-14/h3,5-6,9,14H,2,4,7-8H2,1H3. The van der Waals surface area contributed by atoms with Gasteiger partial charge in [0.1, 0.15) is 0 Å². The third-order valence-electron chi connectivity index (χ3n) is 2.19. The number of benzene rings is 1. The van der Waals surface area contributed by atoms with Crippen molar-refractivity contribution < 1.29 is 24.2 Å². The molecule has 1 N–H and O–H groups in total. The van der Waals surface area contributed by atoms with Gasteiger partial charge in [0.25, 0.3) is 0 Å². The Labute approximate surface area is 105 Å². The summed E-state index contributed by atoms with van der Waals surface area (Å²) in [5.41, 5.74) is 0.262. The van der Waals surface area contributed by atoms with E-state index in [1.54, 1.807) is 25.1 Å². The number of para-hydroxylation sites is 1. The molecule has 0 aliphatic heterocycles. The molecule has 1 aromatic carbocycles. The zero-order valence-electron chi connectivity index (χ0n) is 10.2. The van der Waals surface area contributed by atoms with Crippen molar-refractivity contribution in [1.29, 1.82) is 0 Å². The lowest BCUT2D eigenvalue weighted by atomic mass is 10.2. The molecule has 1 aromatic rings. The molecule has 0 saturated heterocycles. The van der Waals surface area contributed by atoms with Gasteiger partial charge < -0.3 is 14.6 Å². The third-order valence-corrected chi connectivity index (χ3v) is 2.19. The topological polar surface area (TPSA) is 72.8 Å². The SMILES string of the molecule is CCOc1cccc(C=O)c1OC(=O)CCCO. The first-order valence-electron chi connectivity index (χ1n) is 5.75. The molecule has 5 heteroatoms. The molecular weight excluding hydrogens is 236 g/mol. The second kappa shape index (κ2) is 7.45. The Balaban J connectivity index is 2.89. The van der Waals surface area contributed by atoms with Crippen molar-refractivity contribution >= 4 is 12.3 Å². The van der Waals surface area contributed by atoms with Crippen LogP contribution < -0.4 is 9.47 Å². The number of aliphatic hydroxyl groups is 1. The van der Waals surface area contributed by atoms with Crippen LogP contribution in [-0.2, 0) is 4.79 Å². The predicted octanol–water partition coefficient (Wildman–Crippen LogP) is 1.58. The number of hydrogen-bond acceptors (Lipinski definition) is 5. The van der Waals surface area contributed by atoms with Crippen LogP contribution in [-0.4, -0.2) is 30.6 Å². The van der Waals surface area contributed by atoms with Gasteiger partial charge in [-0.3, -0.25) is 9.59 Å². The lowest BCUT2D eigenvalue weighted by Crippen LogP contribution is -2.11. The largest absolute Gasteiger partial charge is 0.490 e. The first kappa shape index (κ1) is 14.2. The molecular formula is C13H16O5. The molecule has 0 unspecified atom stereocenters. The number of ether oxygens (including phenoxy) is 2. The van der Waals surface area contributed by atoms with E-state index >= 15 is 0 Å². The van der Waals surface area contributed by atoms with E-state index in [0.717, 1.165) is 0 Å². The second-order valence-electron chi connectivity index (χ2n) is 3.53. The molecule has 0 radical (unpaired) electrons. The van der Waals surface area contributed by atoms with E-state index in [4.69, 9.17) is 14.6 Å². The molecule has 0 saturated carbocycles. The van der Waals surface area contributed by atoms with Gasteiger partial charge in [-0.1, -0.05) is 6.07 Å². The van der Waals surface area contributed by atoms with Crippen LogP contribution >= 0.6 is 0 Å². The summed E-state index contributed by atoms with van der Waals surface area (Å²) in [7, 11) is 0. The fourth-order valence-corrected chi connectivity index (χ4v) is 1.39. The molecule has 0 atom stereocenters. The summed E-state index contributed by atoms with van der Waals surface area (Å²) in [6.45, 7) is 2.12. The fraction of sp³-hybridized carbons (Fsp3) is 0.385. The van der Waals surface area contributed by atoms with Gasteiger partial charge in [0.15, 0.2) is 17.8 Å². The van der Waals surface area contributed by atoms with Gasteiger partial charge in [0.05, 0.1) is 12.2 Å². The second-order valence-corrected chi connectivity index (χ2v) is 3.53. The summed E-state index contributed by atoms with van der Waals surface area (Å²) in [4.78, 5) is 22.4. The van der Waals surface area contributed by atoms with Gasteiger partial charge in [-0.05, 0) is 25.5 Å². The molecule has 0 spiro atoms. The van der Waals surface area contributed by atoms with Crippen LogP contribution in [0.5, 0.6) is 11.5 Å². The Morgan fingerprint density at radius 1 is 1.44 bits per heavy atom. The summed E-state index contributed by atoms with van der Waals surface area (Å²) in [5, 5.41) is 8.63. The van der Waals surface area contributed by atoms with E-state index in [9.17, 15) is 9.59 Å². The molecule has 0 bridgehead atoms. The maximum Gasteiger partial charge on any atom is 0.311 e. The first-order valence-corrected chi connectivity index (χ1v) is 5.75. The van der Waals surface area contributed by atoms with Gasteiger partial charge in [0.2, 0.25) is 0 Å². The molecule has 0 amide bonds. The van der Waals surface area contributed by atoms with Crippen LogP contribution in [0.4, 0.5) is 0 Å². The Morgan fingerprint density at radius 3 is 2.83 bits per heavy atom. The highest BCUT2D eigenvalue weighted by Gasteiger charge is 2.14. The molecule has 0 heterocycles. The average Bonchev–Trinajstić information content (AvgIpc) is 2.38. The van der Waals surface area contributed by atoms with Gasteiger partial charge in [0, 0.05) is 13.0 Å². The van der Waals surface area contributed by atoms with Crippen molar-refractivity contribution in [3.63, 3.8) is 0 Å². The molecule has 0 aliphatic carbocycles. The van der Waals surface area contributed by atoms with Gasteiger partial charge in [-0.2, -0.15) is 0 Å². The number of carbonyl (C=O) groups excluding carboxylic acids is 2. The van der Waals surface area contributed by atoms with E-state index < -0.39 is 5.97 Å². The Bertz CT molecular complexity index is 414. The van der Waals surface area contributed by atoms with Crippen LogP contribution in [0.1, 0.15) is 30.1 Å². The van der Waals surface area contributed by atoms with Crippen LogP contribution in [0.15, 0.2) is 18.2 Å². The highest BCUT2D eigenvalue weighted by Crippen LogP contribution is 2.30. The van der Waals surface area contributed by atoms with Crippen molar-refractivity contribution in [3.8, 4) is 11.5 Å². The maximum atomic E-state index is 11.5. The maximum absolute atomic E-state index is 11.5. The van der Waals surface area contributed by atoms with Crippen molar-refractivity contribution in [2.45, 2.75) is 19.8 Å². The highest BCUT2D eigenvalue weighted by molar-refractivity contribution is 5.84. The fourth-order valence-electron chi connectivity index (χ4n) is 1.39. The van der Waals surface area contributed by atoms with E-state index in [0.29, 0.717) is 25.1 Å². The Kier molecular flexibility index (Phi) is 5.87. The van der Waals surface area contributed by atoms with Gasteiger partial charge in [-0.15, -0.1) is 0 Å². The zero-order valence-corrected chi connectivity index (χ0v) is 10.2. The number of aliphatic hydroxyl groups excluding tert-OH is 1. The summed E-state index contributed by atoms with van der Waals surface area (Å²) in [5.74, 6) is -0.00367. The Hall–Kier alpha value is -1.88. The van der Waals surface area contributed by atoms with Crippen LogP contribution in [0.2, 0.25) is 0 Å². The lowest BCUT2D eigenvalue weighted by molar-refractivity contribution is -0.134. The van der Waals surface area contributed by atoms with Crippen molar-refractivity contribution in [2.75, 3.05) is 13.2 Å². The molecule has 18 heavy (non-hydrogen) atoms. The van der Waals surface area contributed by atoms with E-state index in [1.807, 2.05) is 0 Å². The molecule has 0 aromatic heterocycles. The van der Waals surface area contributed by atoms with E-state index in [-0.39, 0.29) is 24.3 Å². The minimum Gasteiger partial charge on any atom is -0.490 e. The third kappa shape index (κ3) is 3.85. The first-order chi connectivity index (χ1) is 8.72. The van der Waals surface area contributed by atoms with Crippen molar-refractivity contribution in [2.24, 2.45) is 0 Å². The zero-order chi connectivity index (χ0) is 13.4. The minimum absolute atomic E-state index is 0.0806. The Morgan fingerprint density at radius 2 is 2.22 bits per heavy atom. The lowest BCUT2D eigenvalue weighted by Gasteiger charge is -2.12. The molecule has 1 rings (SSSR count). The highest BCUT2D eigenvalue weighted by atomic mass is 16.6.